The first-order chi connectivity index (χ1) is 15.4. The molecule has 3 saturated heterocycles. The van der Waals surface area contributed by atoms with Crippen molar-refractivity contribution in [3.05, 3.63) is 40.7 Å². The van der Waals surface area contributed by atoms with E-state index in [4.69, 9.17) is 13.7 Å². The third kappa shape index (κ3) is 3.84. The molecule has 5 rings (SSSR count). The minimum Gasteiger partial charge on any atom is -0.456 e. The van der Waals surface area contributed by atoms with Crippen LogP contribution in [-0.4, -0.2) is 77.7 Å². The summed E-state index contributed by atoms with van der Waals surface area (Å²) in [6.07, 6.45) is 3.17. The predicted molar refractivity (Wildman–Crippen MR) is 114 cm³/mol. The number of nitrogens with one attached hydrogen (secondary N) is 1. The summed E-state index contributed by atoms with van der Waals surface area (Å²) in [7, 11) is 0. The fourth-order valence-electron chi connectivity index (χ4n) is 5.27. The van der Waals surface area contributed by atoms with Gasteiger partial charge in [-0.1, -0.05) is 5.16 Å². The van der Waals surface area contributed by atoms with Crippen LogP contribution >= 0.6 is 0 Å². The van der Waals surface area contributed by atoms with Gasteiger partial charge in [0.15, 0.2) is 5.76 Å². The molecule has 0 aromatic carbocycles. The lowest BCUT2D eigenvalue weighted by atomic mass is 9.89. The molecular weight excluding hydrogens is 412 g/mol. The van der Waals surface area contributed by atoms with Crippen molar-refractivity contribution in [2.24, 2.45) is 0 Å². The molecule has 0 aliphatic carbocycles. The number of carbonyl (C=O) groups is 2. The van der Waals surface area contributed by atoms with Gasteiger partial charge in [0.25, 0.3) is 5.91 Å². The lowest BCUT2D eigenvalue weighted by molar-refractivity contribution is -0.131. The molecule has 3 aliphatic heterocycles. The number of aryl methyl sites for hydroxylation is 2. The Kier molecular flexibility index (Phi) is 5.54. The van der Waals surface area contributed by atoms with E-state index in [-0.39, 0.29) is 23.4 Å². The molecule has 9 heteroatoms. The molecule has 1 unspecified atom stereocenters. The SMILES string of the molecule is Cc1noc(C)c1Cc1ccc(C(=O)N2CCC(N3CC(=O)NCC34CCOC4)CC2)o1. The van der Waals surface area contributed by atoms with Crippen molar-refractivity contribution in [3.8, 4) is 0 Å². The third-order valence-electron chi connectivity index (χ3n) is 7.22. The number of hydrogen-bond acceptors (Lipinski definition) is 7. The number of likely N-dealkylation sites (tertiary alicyclic amines) is 1. The van der Waals surface area contributed by atoms with Crippen molar-refractivity contribution in [1.29, 1.82) is 0 Å². The first-order valence-corrected chi connectivity index (χ1v) is 11.4. The Bertz CT molecular complexity index is 978. The van der Waals surface area contributed by atoms with Crippen LogP contribution in [0.2, 0.25) is 0 Å². The predicted octanol–water partition coefficient (Wildman–Crippen LogP) is 1.67. The Morgan fingerprint density at radius 1 is 1.28 bits per heavy atom. The van der Waals surface area contributed by atoms with E-state index in [2.05, 4.69) is 15.4 Å². The van der Waals surface area contributed by atoms with Crippen LogP contribution in [0.4, 0.5) is 0 Å². The highest BCUT2D eigenvalue weighted by Crippen LogP contribution is 2.33. The second-order valence-electron chi connectivity index (χ2n) is 9.20. The molecule has 2 amide bonds. The zero-order valence-electron chi connectivity index (χ0n) is 18.7. The van der Waals surface area contributed by atoms with Crippen LogP contribution in [0, 0.1) is 13.8 Å². The average Bonchev–Trinajstić information content (AvgIpc) is 3.54. The number of ether oxygens (including phenoxy) is 1. The minimum absolute atomic E-state index is 0.0717. The Morgan fingerprint density at radius 3 is 2.78 bits per heavy atom. The quantitative estimate of drug-likeness (QED) is 0.769. The molecule has 2 aromatic heterocycles. The highest BCUT2D eigenvalue weighted by Gasteiger charge is 2.47. The topological polar surface area (TPSA) is 101 Å². The van der Waals surface area contributed by atoms with Gasteiger partial charge >= 0.3 is 0 Å². The van der Waals surface area contributed by atoms with E-state index in [1.807, 2.05) is 24.8 Å². The van der Waals surface area contributed by atoms with Crippen molar-refractivity contribution >= 4 is 11.8 Å². The third-order valence-corrected chi connectivity index (χ3v) is 7.22. The molecule has 5 heterocycles. The van der Waals surface area contributed by atoms with Crippen molar-refractivity contribution < 1.29 is 23.3 Å². The fraction of sp³-hybridized carbons (Fsp3) is 0.609. The van der Waals surface area contributed by atoms with Crippen LogP contribution in [0.1, 0.15) is 52.6 Å². The molecule has 0 bridgehead atoms. The molecule has 3 fully saturated rings. The first kappa shape index (κ1) is 21.2. The zero-order chi connectivity index (χ0) is 22.3. The monoisotopic (exact) mass is 442 g/mol. The van der Waals surface area contributed by atoms with Gasteiger partial charge in [-0.15, -0.1) is 0 Å². The Labute approximate surface area is 187 Å². The van der Waals surface area contributed by atoms with Gasteiger partial charge in [-0.25, -0.2) is 0 Å². The number of rotatable bonds is 4. The van der Waals surface area contributed by atoms with Gasteiger partial charge in [0.2, 0.25) is 5.91 Å². The summed E-state index contributed by atoms with van der Waals surface area (Å²) in [6.45, 7) is 7.53. The fourth-order valence-corrected chi connectivity index (χ4v) is 5.27. The normalized spacial score (nSPS) is 24.9. The van der Waals surface area contributed by atoms with E-state index in [0.29, 0.717) is 45.0 Å². The van der Waals surface area contributed by atoms with Gasteiger partial charge in [-0.2, -0.15) is 0 Å². The molecule has 1 N–H and O–H groups in total. The molecule has 2 aromatic rings. The second-order valence-corrected chi connectivity index (χ2v) is 9.20. The van der Waals surface area contributed by atoms with Gasteiger partial charge < -0.3 is 23.9 Å². The summed E-state index contributed by atoms with van der Waals surface area (Å²) in [5, 5.41) is 6.99. The van der Waals surface area contributed by atoms with E-state index >= 15 is 0 Å². The highest BCUT2D eigenvalue weighted by atomic mass is 16.5. The number of hydrogen-bond donors (Lipinski definition) is 1. The molecule has 1 atom stereocenters. The number of carbonyl (C=O) groups excluding carboxylic acids is 2. The molecule has 0 saturated carbocycles. The average molecular weight is 443 g/mol. The maximum Gasteiger partial charge on any atom is 0.289 e. The minimum atomic E-state index is -0.0983. The summed E-state index contributed by atoms with van der Waals surface area (Å²) < 4.78 is 16.8. The molecule has 32 heavy (non-hydrogen) atoms. The van der Waals surface area contributed by atoms with Gasteiger partial charge in [-0.3, -0.25) is 14.5 Å². The van der Waals surface area contributed by atoms with Crippen LogP contribution in [0.5, 0.6) is 0 Å². The lowest BCUT2D eigenvalue weighted by Crippen LogP contribution is -2.67. The summed E-state index contributed by atoms with van der Waals surface area (Å²) in [6, 6.07) is 3.88. The first-order valence-electron chi connectivity index (χ1n) is 11.4. The van der Waals surface area contributed by atoms with E-state index in [0.717, 1.165) is 48.6 Å². The Hall–Kier alpha value is -2.65. The van der Waals surface area contributed by atoms with Crippen molar-refractivity contribution in [2.45, 2.75) is 51.1 Å². The standard InChI is InChI=1S/C23H30N4O5/c1-15-19(16(2)32-25-15)11-18-3-4-20(31-18)22(29)26-8-5-17(6-9-26)27-12-21(28)24-13-23(27)7-10-30-14-23/h3-4,17H,5-14H2,1-2H3,(H,24,28). The Morgan fingerprint density at radius 2 is 2.09 bits per heavy atom. The number of piperidine rings is 1. The van der Waals surface area contributed by atoms with Crippen LogP contribution in [0.25, 0.3) is 0 Å². The summed E-state index contributed by atoms with van der Waals surface area (Å²) >= 11 is 0. The van der Waals surface area contributed by atoms with Crippen molar-refractivity contribution in [1.82, 2.24) is 20.3 Å². The van der Waals surface area contributed by atoms with E-state index < -0.39 is 0 Å². The maximum absolute atomic E-state index is 13.0. The van der Waals surface area contributed by atoms with Crippen LogP contribution in [-0.2, 0) is 16.0 Å². The summed E-state index contributed by atoms with van der Waals surface area (Å²) in [4.78, 5) is 29.3. The van der Waals surface area contributed by atoms with Gasteiger partial charge in [0.05, 0.1) is 24.4 Å². The van der Waals surface area contributed by atoms with E-state index in [1.54, 1.807) is 6.07 Å². The van der Waals surface area contributed by atoms with Crippen LogP contribution < -0.4 is 5.32 Å². The smallest absolute Gasteiger partial charge is 0.289 e. The van der Waals surface area contributed by atoms with E-state index in [9.17, 15) is 9.59 Å². The van der Waals surface area contributed by atoms with Crippen molar-refractivity contribution in [2.75, 3.05) is 39.4 Å². The molecular formula is C23H30N4O5. The van der Waals surface area contributed by atoms with Crippen LogP contribution in [0.15, 0.2) is 21.1 Å². The van der Waals surface area contributed by atoms with E-state index in [1.165, 1.54) is 0 Å². The van der Waals surface area contributed by atoms with Gasteiger partial charge in [0, 0.05) is 44.3 Å². The molecule has 0 radical (unpaired) electrons. The molecule has 9 nitrogen and oxygen atoms in total. The second kappa shape index (κ2) is 8.37. The highest BCUT2D eigenvalue weighted by molar-refractivity contribution is 5.91. The lowest BCUT2D eigenvalue weighted by Gasteiger charge is -2.49. The number of piperazine rings is 1. The largest absolute Gasteiger partial charge is 0.456 e. The van der Waals surface area contributed by atoms with Crippen molar-refractivity contribution in [3.63, 3.8) is 0 Å². The molecule has 1 spiro atoms. The van der Waals surface area contributed by atoms with Gasteiger partial charge in [-0.05, 0) is 45.2 Å². The van der Waals surface area contributed by atoms with Crippen LogP contribution in [0.3, 0.4) is 0 Å². The number of furan rings is 1. The maximum atomic E-state index is 13.0. The number of aromatic nitrogens is 1. The summed E-state index contributed by atoms with van der Waals surface area (Å²) in [5.74, 6) is 1.85. The molecule has 172 valence electrons. The molecule has 3 aliphatic rings. The van der Waals surface area contributed by atoms with Gasteiger partial charge in [0.1, 0.15) is 11.5 Å². The zero-order valence-corrected chi connectivity index (χ0v) is 18.7. The summed E-state index contributed by atoms with van der Waals surface area (Å²) in [5.41, 5.74) is 1.74. The Balaban J connectivity index is 1.21. The number of nitrogens with zero attached hydrogens (tertiary/aromatic N) is 3. The number of amides is 2.